The van der Waals surface area contributed by atoms with Gasteiger partial charge in [-0.05, 0) is 25.7 Å². The van der Waals surface area contributed by atoms with E-state index < -0.39 is 0 Å². The molecule has 0 heterocycles. The van der Waals surface area contributed by atoms with E-state index in [1.807, 2.05) is 6.92 Å². The van der Waals surface area contributed by atoms with Gasteiger partial charge >= 0.3 is 0 Å². The first-order chi connectivity index (χ1) is 3.63. The lowest BCUT2D eigenvalue weighted by molar-refractivity contribution is 0.176. The van der Waals surface area contributed by atoms with Crippen LogP contribution in [0.2, 0.25) is 0 Å². The van der Waals surface area contributed by atoms with Crippen LogP contribution in [0, 0.1) is 5.92 Å². The summed E-state index contributed by atoms with van der Waals surface area (Å²) in [5.74, 6) is 0.726. The second-order valence-electron chi connectivity index (χ2n) is 2.82. The van der Waals surface area contributed by atoms with Crippen molar-refractivity contribution in [3.63, 3.8) is 0 Å². The van der Waals surface area contributed by atoms with Gasteiger partial charge < -0.3 is 5.11 Å². The maximum Gasteiger partial charge on any atom is 0.0512 e. The average Bonchev–Trinajstić information content (AvgIpc) is 1.61. The van der Waals surface area contributed by atoms with E-state index in [2.05, 4.69) is 13.8 Å². The maximum absolute atomic E-state index is 8.80. The molecule has 1 atom stereocenters. The molecule has 0 aromatic carbocycles. The van der Waals surface area contributed by atoms with E-state index in [0.29, 0.717) is 0 Å². The normalized spacial score (nSPS) is 14.6. The third kappa shape index (κ3) is 5.96. The van der Waals surface area contributed by atoms with Crippen LogP contribution in [0.3, 0.4) is 0 Å². The van der Waals surface area contributed by atoms with E-state index in [-0.39, 0.29) is 6.10 Å². The Labute approximate surface area is 51.7 Å². The van der Waals surface area contributed by atoms with E-state index in [1.54, 1.807) is 0 Å². The number of aliphatic hydroxyl groups is 1. The maximum atomic E-state index is 8.80. The van der Waals surface area contributed by atoms with E-state index in [4.69, 9.17) is 5.11 Å². The van der Waals surface area contributed by atoms with Crippen LogP contribution in [-0.2, 0) is 0 Å². The Hall–Kier alpha value is -0.0400. The highest BCUT2D eigenvalue weighted by molar-refractivity contribution is 4.49. The predicted molar refractivity (Wildman–Crippen MR) is 35.8 cm³/mol. The standard InChI is InChI=1S/C7H16O/c1-6(2)4-5-7(3)8/h6-8H,4-5H2,1-3H3/t7-/m1/s1. The van der Waals surface area contributed by atoms with Gasteiger partial charge in [0.2, 0.25) is 0 Å². The zero-order valence-corrected chi connectivity index (χ0v) is 6.02. The highest BCUT2D eigenvalue weighted by Crippen LogP contribution is 2.05. The molecule has 0 aromatic heterocycles. The van der Waals surface area contributed by atoms with Gasteiger partial charge in [-0.1, -0.05) is 13.8 Å². The van der Waals surface area contributed by atoms with Crippen LogP contribution in [0.1, 0.15) is 33.6 Å². The Bertz CT molecular complexity index is 40.3. The summed E-state index contributed by atoms with van der Waals surface area (Å²) in [6.07, 6.45) is 1.97. The van der Waals surface area contributed by atoms with Gasteiger partial charge in [-0.2, -0.15) is 0 Å². The Morgan fingerprint density at radius 1 is 1.12 bits per heavy atom. The molecule has 50 valence electrons. The van der Waals surface area contributed by atoms with Gasteiger partial charge in [0.05, 0.1) is 6.10 Å². The molecule has 0 amide bonds. The first-order valence-corrected chi connectivity index (χ1v) is 3.31. The minimum Gasteiger partial charge on any atom is -0.393 e. The first kappa shape index (κ1) is 7.96. The lowest BCUT2D eigenvalue weighted by Gasteiger charge is -2.04. The van der Waals surface area contributed by atoms with Crippen LogP contribution in [0.25, 0.3) is 0 Å². The van der Waals surface area contributed by atoms with Crippen LogP contribution in [-0.4, -0.2) is 11.2 Å². The zero-order valence-electron chi connectivity index (χ0n) is 6.02. The SMILES string of the molecule is CC(C)CC[C@@H](C)O. The van der Waals surface area contributed by atoms with E-state index in [1.165, 1.54) is 0 Å². The van der Waals surface area contributed by atoms with Gasteiger partial charge in [0.15, 0.2) is 0 Å². The molecule has 0 aliphatic heterocycles. The third-order valence-electron chi connectivity index (χ3n) is 1.16. The summed E-state index contributed by atoms with van der Waals surface area (Å²) in [4.78, 5) is 0. The van der Waals surface area contributed by atoms with Crippen molar-refractivity contribution in [3.05, 3.63) is 0 Å². The summed E-state index contributed by atoms with van der Waals surface area (Å²) in [5, 5.41) is 8.80. The van der Waals surface area contributed by atoms with E-state index in [9.17, 15) is 0 Å². The molecule has 0 rings (SSSR count). The van der Waals surface area contributed by atoms with Crippen molar-refractivity contribution in [1.82, 2.24) is 0 Å². The Morgan fingerprint density at radius 3 is 1.75 bits per heavy atom. The number of hydrogen-bond donors (Lipinski definition) is 1. The molecule has 1 nitrogen and oxygen atoms in total. The fraction of sp³-hybridized carbons (Fsp3) is 1.00. The van der Waals surface area contributed by atoms with Crippen molar-refractivity contribution < 1.29 is 5.11 Å². The molecular formula is C7H16O. The number of hydrogen-bond acceptors (Lipinski definition) is 1. The topological polar surface area (TPSA) is 20.2 Å². The zero-order chi connectivity index (χ0) is 6.57. The summed E-state index contributed by atoms with van der Waals surface area (Å²) >= 11 is 0. The monoisotopic (exact) mass is 116 g/mol. The first-order valence-electron chi connectivity index (χ1n) is 3.31. The van der Waals surface area contributed by atoms with Gasteiger partial charge in [-0.25, -0.2) is 0 Å². The second-order valence-corrected chi connectivity index (χ2v) is 2.82. The molecule has 8 heavy (non-hydrogen) atoms. The molecule has 0 aliphatic carbocycles. The molecule has 0 aliphatic rings. The molecule has 1 N–H and O–H groups in total. The molecule has 0 radical (unpaired) electrons. The number of rotatable bonds is 3. The van der Waals surface area contributed by atoms with E-state index >= 15 is 0 Å². The van der Waals surface area contributed by atoms with Gasteiger partial charge in [-0.15, -0.1) is 0 Å². The largest absolute Gasteiger partial charge is 0.393 e. The third-order valence-corrected chi connectivity index (χ3v) is 1.16. The van der Waals surface area contributed by atoms with Crippen LogP contribution in [0.15, 0.2) is 0 Å². The summed E-state index contributed by atoms with van der Waals surface area (Å²) in [6, 6.07) is 0. The second kappa shape index (κ2) is 3.90. The van der Waals surface area contributed by atoms with E-state index in [0.717, 1.165) is 18.8 Å². The van der Waals surface area contributed by atoms with Crippen molar-refractivity contribution >= 4 is 0 Å². The minimum absolute atomic E-state index is 0.114. The van der Waals surface area contributed by atoms with Crippen molar-refractivity contribution in [2.45, 2.75) is 39.7 Å². The Kier molecular flexibility index (Phi) is 3.88. The van der Waals surface area contributed by atoms with Crippen molar-refractivity contribution in [2.24, 2.45) is 5.92 Å². The molecule has 1 heteroatoms. The molecule has 0 aromatic rings. The Balaban J connectivity index is 2.93. The van der Waals surface area contributed by atoms with Crippen LogP contribution < -0.4 is 0 Å². The molecule has 0 fully saturated rings. The average molecular weight is 116 g/mol. The number of aliphatic hydroxyl groups excluding tert-OH is 1. The van der Waals surface area contributed by atoms with Gasteiger partial charge in [0.1, 0.15) is 0 Å². The van der Waals surface area contributed by atoms with Gasteiger partial charge in [0, 0.05) is 0 Å². The van der Waals surface area contributed by atoms with Crippen LogP contribution in [0.4, 0.5) is 0 Å². The molecule has 0 spiro atoms. The highest BCUT2D eigenvalue weighted by Gasteiger charge is 1.96. The quantitative estimate of drug-likeness (QED) is 0.596. The lowest BCUT2D eigenvalue weighted by atomic mass is 10.1. The summed E-state index contributed by atoms with van der Waals surface area (Å²) in [5.41, 5.74) is 0. The van der Waals surface area contributed by atoms with Gasteiger partial charge in [-0.3, -0.25) is 0 Å². The van der Waals surface area contributed by atoms with Crippen LogP contribution >= 0.6 is 0 Å². The molecule has 0 unspecified atom stereocenters. The van der Waals surface area contributed by atoms with Crippen LogP contribution in [0.5, 0.6) is 0 Å². The highest BCUT2D eigenvalue weighted by atomic mass is 16.3. The van der Waals surface area contributed by atoms with Gasteiger partial charge in [0.25, 0.3) is 0 Å². The predicted octanol–water partition coefficient (Wildman–Crippen LogP) is 1.80. The molecule has 0 saturated heterocycles. The summed E-state index contributed by atoms with van der Waals surface area (Å²) in [6.45, 7) is 6.17. The molecular weight excluding hydrogens is 100 g/mol. The fourth-order valence-electron chi connectivity index (χ4n) is 0.575. The minimum atomic E-state index is -0.114. The lowest BCUT2D eigenvalue weighted by Crippen LogP contribution is -2.00. The fourth-order valence-corrected chi connectivity index (χ4v) is 0.575. The summed E-state index contributed by atoms with van der Waals surface area (Å²) < 4.78 is 0. The van der Waals surface area contributed by atoms with Crippen molar-refractivity contribution in [3.8, 4) is 0 Å². The summed E-state index contributed by atoms with van der Waals surface area (Å²) in [7, 11) is 0. The van der Waals surface area contributed by atoms with Crippen molar-refractivity contribution in [1.29, 1.82) is 0 Å². The molecule has 0 bridgehead atoms. The van der Waals surface area contributed by atoms with Crippen molar-refractivity contribution in [2.75, 3.05) is 0 Å². The Morgan fingerprint density at radius 2 is 1.62 bits per heavy atom. The molecule has 0 saturated carbocycles. The smallest absolute Gasteiger partial charge is 0.0512 e.